The van der Waals surface area contributed by atoms with Gasteiger partial charge in [0.25, 0.3) is 0 Å². The Kier molecular flexibility index (Phi) is 4.62. The number of benzene rings is 1. The van der Waals surface area contributed by atoms with Gasteiger partial charge in [0, 0.05) is 22.7 Å². The smallest absolute Gasteiger partial charge is 0.329 e. The molecule has 1 aliphatic heterocycles. The number of likely N-dealkylation sites (tertiary alicyclic amines) is 1. The van der Waals surface area contributed by atoms with E-state index in [1.807, 2.05) is 13.1 Å². The molecule has 1 aromatic rings. The van der Waals surface area contributed by atoms with Gasteiger partial charge < -0.3 is 15.3 Å². The van der Waals surface area contributed by atoms with Crippen molar-refractivity contribution < 1.29 is 9.90 Å². The molecule has 1 heterocycles. The molecule has 110 valence electrons. The van der Waals surface area contributed by atoms with Gasteiger partial charge in [-0.1, -0.05) is 11.6 Å². The number of carboxylic acids is 1. The maximum absolute atomic E-state index is 11.8. The first-order valence-corrected chi connectivity index (χ1v) is 7.68. The van der Waals surface area contributed by atoms with Crippen molar-refractivity contribution >= 4 is 39.2 Å². The maximum Gasteiger partial charge on any atom is 0.329 e. The first kappa shape index (κ1) is 15.6. The predicted octanol–water partition coefficient (Wildman–Crippen LogP) is 3.45. The molecular weight excluding hydrogens is 344 g/mol. The number of rotatable bonds is 3. The Bertz CT molecular complexity index is 526. The molecule has 0 radical (unpaired) electrons. The Morgan fingerprint density at radius 2 is 2.30 bits per heavy atom. The Hall–Kier alpha value is -0.780. The minimum Gasteiger partial charge on any atom is -0.480 e. The number of hydrogen-bond donors (Lipinski definition) is 2. The van der Waals surface area contributed by atoms with Crippen LogP contribution >= 0.6 is 27.5 Å². The van der Waals surface area contributed by atoms with Crippen molar-refractivity contribution in [2.45, 2.75) is 31.3 Å². The van der Waals surface area contributed by atoms with Crippen LogP contribution in [-0.2, 0) is 4.79 Å². The van der Waals surface area contributed by atoms with Crippen LogP contribution < -0.4 is 5.32 Å². The summed E-state index contributed by atoms with van der Waals surface area (Å²) in [5.41, 5.74) is -0.153. The van der Waals surface area contributed by atoms with Gasteiger partial charge in [0.2, 0.25) is 0 Å². The first-order chi connectivity index (χ1) is 9.34. The standard InChI is InChI=1S/C14H18BrClN2O2/c1-9-8-14(13(19)20,5-6-18(9)2)17-10-3-4-12(16)11(15)7-10/h3-4,7,9,17H,5-6,8H2,1-2H3,(H,19,20). The van der Waals surface area contributed by atoms with Crippen LogP contribution in [0.5, 0.6) is 0 Å². The fourth-order valence-electron chi connectivity index (χ4n) is 2.56. The van der Waals surface area contributed by atoms with Crippen molar-refractivity contribution in [2.75, 3.05) is 18.9 Å². The van der Waals surface area contributed by atoms with E-state index in [2.05, 4.69) is 33.1 Å². The van der Waals surface area contributed by atoms with Crippen LogP contribution in [-0.4, -0.2) is 41.1 Å². The highest BCUT2D eigenvalue weighted by molar-refractivity contribution is 9.10. The topological polar surface area (TPSA) is 52.6 Å². The van der Waals surface area contributed by atoms with Crippen LogP contribution in [0.4, 0.5) is 5.69 Å². The van der Waals surface area contributed by atoms with Crippen LogP contribution in [0.15, 0.2) is 22.7 Å². The number of carbonyl (C=O) groups is 1. The first-order valence-electron chi connectivity index (χ1n) is 6.51. The second-order valence-corrected chi connectivity index (χ2v) is 6.69. The average molecular weight is 362 g/mol. The lowest BCUT2D eigenvalue weighted by Crippen LogP contribution is -2.56. The largest absolute Gasteiger partial charge is 0.480 e. The molecule has 20 heavy (non-hydrogen) atoms. The average Bonchev–Trinajstić information content (AvgIpc) is 2.38. The molecule has 1 saturated heterocycles. The maximum atomic E-state index is 11.8. The van der Waals surface area contributed by atoms with E-state index in [9.17, 15) is 9.90 Å². The van der Waals surface area contributed by atoms with Gasteiger partial charge in [0.15, 0.2) is 0 Å². The van der Waals surface area contributed by atoms with Gasteiger partial charge in [0.05, 0.1) is 5.02 Å². The fourth-order valence-corrected chi connectivity index (χ4v) is 3.06. The summed E-state index contributed by atoms with van der Waals surface area (Å²) in [5.74, 6) is -0.802. The summed E-state index contributed by atoms with van der Waals surface area (Å²) in [6.45, 7) is 2.81. The number of piperidine rings is 1. The monoisotopic (exact) mass is 360 g/mol. The summed E-state index contributed by atoms with van der Waals surface area (Å²) in [7, 11) is 2.02. The van der Waals surface area contributed by atoms with E-state index in [0.717, 1.165) is 16.7 Å². The molecule has 4 nitrogen and oxygen atoms in total. The molecule has 2 unspecified atom stereocenters. The van der Waals surface area contributed by atoms with E-state index in [4.69, 9.17) is 11.6 Å². The van der Waals surface area contributed by atoms with E-state index in [0.29, 0.717) is 17.9 Å². The summed E-state index contributed by atoms with van der Waals surface area (Å²) >= 11 is 9.32. The SMILES string of the molecule is CC1CC(Nc2ccc(Cl)c(Br)c2)(C(=O)O)CCN1C. The van der Waals surface area contributed by atoms with E-state index in [-0.39, 0.29) is 6.04 Å². The number of hydrogen-bond acceptors (Lipinski definition) is 3. The van der Waals surface area contributed by atoms with E-state index < -0.39 is 11.5 Å². The Morgan fingerprint density at radius 3 is 2.85 bits per heavy atom. The lowest BCUT2D eigenvalue weighted by Gasteiger charge is -2.42. The van der Waals surface area contributed by atoms with E-state index in [1.54, 1.807) is 12.1 Å². The Balaban J connectivity index is 2.25. The molecule has 1 fully saturated rings. The number of nitrogens with zero attached hydrogens (tertiary/aromatic N) is 1. The van der Waals surface area contributed by atoms with Crippen LogP contribution in [0, 0.1) is 0 Å². The highest BCUT2D eigenvalue weighted by Crippen LogP contribution is 2.32. The Labute approximate surface area is 132 Å². The van der Waals surface area contributed by atoms with Crippen molar-refractivity contribution in [1.29, 1.82) is 0 Å². The second-order valence-electron chi connectivity index (χ2n) is 5.42. The molecule has 1 aliphatic rings. The van der Waals surface area contributed by atoms with Crippen molar-refractivity contribution in [2.24, 2.45) is 0 Å². The fraction of sp³-hybridized carbons (Fsp3) is 0.500. The molecule has 0 amide bonds. The summed E-state index contributed by atoms with van der Waals surface area (Å²) in [4.78, 5) is 13.9. The zero-order chi connectivity index (χ0) is 14.9. The molecule has 2 atom stereocenters. The number of halogens is 2. The molecule has 2 N–H and O–H groups in total. The van der Waals surface area contributed by atoms with E-state index in [1.165, 1.54) is 0 Å². The molecule has 1 aromatic carbocycles. The third-order valence-electron chi connectivity index (χ3n) is 4.00. The molecule has 0 spiro atoms. The molecule has 0 bridgehead atoms. The van der Waals surface area contributed by atoms with Crippen molar-refractivity contribution in [3.05, 3.63) is 27.7 Å². The molecule has 0 aromatic heterocycles. The number of aliphatic carboxylic acids is 1. The summed E-state index contributed by atoms with van der Waals surface area (Å²) < 4.78 is 0.755. The zero-order valence-electron chi connectivity index (χ0n) is 11.5. The van der Waals surface area contributed by atoms with Crippen LogP contribution in [0.1, 0.15) is 19.8 Å². The summed E-state index contributed by atoms with van der Waals surface area (Å²) in [6.07, 6.45) is 1.14. The van der Waals surface area contributed by atoms with Crippen molar-refractivity contribution in [1.82, 2.24) is 4.90 Å². The quantitative estimate of drug-likeness (QED) is 0.866. The van der Waals surface area contributed by atoms with Crippen LogP contribution in [0.25, 0.3) is 0 Å². The van der Waals surface area contributed by atoms with Gasteiger partial charge in [0.1, 0.15) is 5.54 Å². The second kappa shape index (κ2) is 5.92. The zero-order valence-corrected chi connectivity index (χ0v) is 13.8. The van der Waals surface area contributed by atoms with Crippen LogP contribution in [0.2, 0.25) is 5.02 Å². The van der Waals surface area contributed by atoms with Crippen molar-refractivity contribution in [3.8, 4) is 0 Å². The lowest BCUT2D eigenvalue weighted by molar-refractivity contribution is -0.144. The molecule has 2 rings (SSSR count). The van der Waals surface area contributed by atoms with Gasteiger partial charge in [-0.05, 0) is 60.9 Å². The van der Waals surface area contributed by atoms with Crippen LogP contribution in [0.3, 0.4) is 0 Å². The highest BCUT2D eigenvalue weighted by atomic mass is 79.9. The lowest BCUT2D eigenvalue weighted by atomic mass is 9.83. The normalized spacial score (nSPS) is 27.3. The molecule has 0 saturated carbocycles. The van der Waals surface area contributed by atoms with Gasteiger partial charge >= 0.3 is 5.97 Å². The van der Waals surface area contributed by atoms with Gasteiger partial charge in [-0.25, -0.2) is 4.79 Å². The van der Waals surface area contributed by atoms with Gasteiger partial charge in [-0.3, -0.25) is 0 Å². The van der Waals surface area contributed by atoms with E-state index >= 15 is 0 Å². The molecule has 6 heteroatoms. The summed E-state index contributed by atoms with van der Waals surface area (Å²) in [6, 6.07) is 5.60. The molecular formula is C14H18BrClN2O2. The minimum absolute atomic E-state index is 0.225. The van der Waals surface area contributed by atoms with Crippen molar-refractivity contribution in [3.63, 3.8) is 0 Å². The number of carboxylic acid groups (broad SMARTS) is 1. The van der Waals surface area contributed by atoms with Gasteiger partial charge in [-0.15, -0.1) is 0 Å². The Morgan fingerprint density at radius 1 is 1.60 bits per heavy atom. The number of anilines is 1. The third-order valence-corrected chi connectivity index (χ3v) is 5.21. The third kappa shape index (κ3) is 3.10. The number of nitrogens with one attached hydrogen (secondary N) is 1. The predicted molar refractivity (Wildman–Crippen MR) is 84.5 cm³/mol. The highest BCUT2D eigenvalue weighted by Gasteiger charge is 2.43. The summed E-state index contributed by atoms with van der Waals surface area (Å²) in [5, 5.41) is 13.5. The minimum atomic E-state index is -0.917. The molecule has 0 aliphatic carbocycles. The van der Waals surface area contributed by atoms with Gasteiger partial charge in [-0.2, -0.15) is 0 Å².